The molecule has 100 valence electrons. The predicted molar refractivity (Wildman–Crippen MR) is 42.3 cm³/mol. The van der Waals surface area contributed by atoms with Crippen LogP contribution in [0.5, 0.6) is 0 Å². The summed E-state index contributed by atoms with van der Waals surface area (Å²) in [6.07, 6.45) is -6.35. The monoisotopic (exact) mass is 286 g/mol. The molecule has 0 rings (SSSR count). The van der Waals surface area contributed by atoms with Crippen LogP contribution in [0.25, 0.3) is 0 Å². The Bertz CT molecular complexity index is 328. The molecule has 0 spiro atoms. The summed E-state index contributed by atoms with van der Waals surface area (Å²) in [5, 5.41) is -2.95. The fraction of sp³-hybridized carbons (Fsp3) is 0.714. The van der Waals surface area contributed by atoms with E-state index in [2.05, 4.69) is 16.3 Å². The van der Waals surface area contributed by atoms with Crippen molar-refractivity contribution in [2.45, 2.75) is 24.7 Å². The first-order chi connectivity index (χ1) is 7.42. The largest absolute Gasteiger partial charge is 0.463 e. The Morgan fingerprint density at radius 2 is 1.53 bits per heavy atom. The minimum Gasteiger partial charge on any atom is -0.463 e. The Kier molecular flexibility index (Phi) is 4.44. The number of hydrogen-bond acceptors (Lipinski definition) is 3. The zero-order chi connectivity index (χ0) is 14.1. The summed E-state index contributed by atoms with van der Waals surface area (Å²) in [6.45, 7) is 0.183. The van der Waals surface area contributed by atoms with E-state index in [1.165, 1.54) is 0 Å². The molecule has 0 heterocycles. The Hall–Kier alpha value is -0.990. The van der Waals surface area contributed by atoms with Crippen LogP contribution in [0.2, 0.25) is 0 Å². The first-order valence-electron chi connectivity index (χ1n) is 3.93. The second kappa shape index (κ2) is 4.71. The normalized spacial score (nSPS) is 16.2. The van der Waals surface area contributed by atoms with Crippen molar-refractivity contribution in [2.75, 3.05) is 6.61 Å². The van der Waals surface area contributed by atoms with Crippen molar-refractivity contribution in [3.05, 3.63) is 0 Å². The summed E-state index contributed by atoms with van der Waals surface area (Å²) in [6, 6.07) is 0. The molecule has 0 aromatic heterocycles. The summed E-state index contributed by atoms with van der Waals surface area (Å²) in [5.74, 6) is -8.70. The molecule has 1 unspecified atom stereocenters. The highest BCUT2D eigenvalue weighted by Gasteiger charge is 2.79. The fourth-order valence-electron chi connectivity index (χ4n) is 0.788. The van der Waals surface area contributed by atoms with Crippen LogP contribution < -0.4 is 0 Å². The number of esters is 1. The van der Waals surface area contributed by atoms with E-state index in [1.807, 2.05) is 0 Å². The molecule has 0 amide bonds. The molecule has 0 aliphatic rings. The van der Waals surface area contributed by atoms with Crippen molar-refractivity contribution in [3.8, 4) is 0 Å². The third-order valence-corrected chi connectivity index (χ3v) is 1.86. The smallest absolute Gasteiger partial charge is 0.440 e. The Morgan fingerprint density at radius 1 is 1.12 bits per heavy atom. The molecule has 0 aromatic rings. The van der Waals surface area contributed by atoms with Gasteiger partial charge in [0, 0.05) is 0 Å². The van der Waals surface area contributed by atoms with Gasteiger partial charge in [0.25, 0.3) is 5.24 Å². The van der Waals surface area contributed by atoms with Gasteiger partial charge in [-0.05, 0) is 18.5 Å². The van der Waals surface area contributed by atoms with Gasteiger partial charge in [0.05, 0.1) is 6.61 Å². The Balaban J connectivity index is 5.74. The van der Waals surface area contributed by atoms with E-state index in [9.17, 15) is 35.9 Å². The predicted octanol–water partition coefficient (Wildman–Crippen LogP) is 2.22. The number of alkyl halides is 6. The van der Waals surface area contributed by atoms with Crippen molar-refractivity contribution in [1.29, 1.82) is 0 Å². The second-order valence-corrected chi connectivity index (χ2v) is 3.07. The summed E-state index contributed by atoms with van der Waals surface area (Å²) in [4.78, 5) is 20.8. The SMILES string of the molecule is CCOC(=O)C(F)(C(F)(F)F)C(F)(F)C(=O)Cl. The van der Waals surface area contributed by atoms with E-state index in [-0.39, 0.29) is 0 Å². The van der Waals surface area contributed by atoms with Gasteiger partial charge in [-0.2, -0.15) is 22.0 Å². The molecule has 0 bridgehead atoms. The lowest BCUT2D eigenvalue weighted by molar-refractivity contribution is -0.288. The van der Waals surface area contributed by atoms with Crippen LogP contribution in [0, 0.1) is 0 Å². The van der Waals surface area contributed by atoms with Crippen LogP contribution in [0.1, 0.15) is 6.92 Å². The van der Waals surface area contributed by atoms with E-state index < -0.39 is 35.6 Å². The van der Waals surface area contributed by atoms with Crippen molar-refractivity contribution < 1.29 is 40.7 Å². The van der Waals surface area contributed by atoms with E-state index in [0.29, 0.717) is 0 Å². The van der Waals surface area contributed by atoms with E-state index in [4.69, 9.17) is 0 Å². The zero-order valence-corrected chi connectivity index (χ0v) is 8.83. The first kappa shape index (κ1) is 16.0. The number of rotatable bonds is 4. The van der Waals surface area contributed by atoms with Gasteiger partial charge in [0.2, 0.25) is 0 Å². The molecule has 0 fully saturated rings. The third-order valence-electron chi connectivity index (χ3n) is 1.63. The van der Waals surface area contributed by atoms with Gasteiger partial charge in [-0.3, -0.25) is 4.79 Å². The number of carbonyl (C=O) groups excluding carboxylic acids is 2. The Morgan fingerprint density at radius 3 is 1.76 bits per heavy atom. The first-order valence-corrected chi connectivity index (χ1v) is 4.31. The number of ether oxygens (including phenoxy) is 1. The number of carbonyl (C=O) groups is 2. The molecular formula is C7H5ClF6O3. The lowest BCUT2D eigenvalue weighted by Gasteiger charge is -2.30. The van der Waals surface area contributed by atoms with Gasteiger partial charge in [-0.15, -0.1) is 0 Å². The summed E-state index contributed by atoms with van der Waals surface area (Å²) in [5.41, 5.74) is -5.81. The molecular weight excluding hydrogens is 282 g/mol. The molecule has 0 radical (unpaired) electrons. The maximum absolute atomic E-state index is 13.3. The van der Waals surface area contributed by atoms with Crippen LogP contribution in [-0.2, 0) is 14.3 Å². The topological polar surface area (TPSA) is 43.4 Å². The molecule has 17 heavy (non-hydrogen) atoms. The van der Waals surface area contributed by atoms with E-state index >= 15 is 0 Å². The number of halogens is 7. The van der Waals surface area contributed by atoms with Crippen molar-refractivity contribution >= 4 is 22.8 Å². The van der Waals surface area contributed by atoms with Crippen molar-refractivity contribution in [1.82, 2.24) is 0 Å². The summed E-state index contributed by atoms with van der Waals surface area (Å²) < 4.78 is 78.9. The molecule has 0 aliphatic heterocycles. The van der Waals surface area contributed by atoms with Gasteiger partial charge in [-0.25, -0.2) is 9.18 Å². The maximum atomic E-state index is 13.3. The van der Waals surface area contributed by atoms with Gasteiger partial charge in [-0.1, -0.05) is 0 Å². The average molecular weight is 287 g/mol. The van der Waals surface area contributed by atoms with Crippen LogP contribution in [0.15, 0.2) is 0 Å². The molecule has 0 saturated carbocycles. The molecule has 0 aliphatic carbocycles. The standard InChI is InChI=1S/C7H5ClF6O3/c1-2-17-4(16)5(9,7(12,13)14)6(10,11)3(8)15/h2H2,1H3. The van der Waals surface area contributed by atoms with Crippen LogP contribution in [-0.4, -0.2) is 35.6 Å². The third kappa shape index (κ3) is 2.48. The van der Waals surface area contributed by atoms with Gasteiger partial charge in [0.1, 0.15) is 0 Å². The fourth-order valence-corrected chi connectivity index (χ4v) is 0.918. The quantitative estimate of drug-likeness (QED) is 0.452. The molecule has 0 N–H and O–H groups in total. The minimum absolute atomic E-state index is 0.785. The highest BCUT2D eigenvalue weighted by Crippen LogP contribution is 2.47. The van der Waals surface area contributed by atoms with Crippen LogP contribution in [0.3, 0.4) is 0 Å². The number of hydrogen-bond donors (Lipinski definition) is 0. The van der Waals surface area contributed by atoms with E-state index in [0.717, 1.165) is 6.92 Å². The van der Waals surface area contributed by atoms with Gasteiger partial charge >= 0.3 is 23.7 Å². The molecule has 1 atom stereocenters. The zero-order valence-electron chi connectivity index (χ0n) is 8.08. The molecule has 3 nitrogen and oxygen atoms in total. The lowest BCUT2D eigenvalue weighted by atomic mass is 9.98. The van der Waals surface area contributed by atoms with E-state index in [1.54, 1.807) is 0 Å². The summed E-state index contributed by atoms with van der Waals surface area (Å²) >= 11 is 4.17. The van der Waals surface area contributed by atoms with Gasteiger partial charge < -0.3 is 4.74 Å². The molecule has 0 aromatic carbocycles. The molecule has 10 heteroatoms. The van der Waals surface area contributed by atoms with Crippen molar-refractivity contribution in [2.24, 2.45) is 0 Å². The lowest BCUT2D eigenvalue weighted by Crippen LogP contribution is -2.63. The average Bonchev–Trinajstić information content (AvgIpc) is 2.14. The van der Waals surface area contributed by atoms with Crippen LogP contribution >= 0.6 is 11.6 Å². The van der Waals surface area contributed by atoms with Crippen LogP contribution in [0.4, 0.5) is 26.3 Å². The Labute approximate surface area is 95.7 Å². The highest BCUT2D eigenvalue weighted by molar-refractivity contribution is 6.65. The second-order valence-electron chi connectivity index (χ2n) is 2.72. The minimum atomic E-state index is -6.35. The maximum Gasteiger partial charge on any atom is 0.440 e. The highest BCUT2D eigenvalue weighted by atomic mass is 35.5. The van der Waals surface area contributed by atoms with Crippen molar-refractivity contribution in [3.63, 3.8) is 0 Å². The van der Waals surface area contributed by atoms with Gasteiger partial charge in [0.15, 0.2) is 0 Å². The summed E-state index contributed by atoms with van der Waals surface area (Å²) in [7, 11) is 0. The molecule has 0 saturated heterocycles.